The van der Waals surface area contributed by atoms with Gasteiger partial charge in [0.05, 0.1) is 20.4 Å². The van der Waals surface area contributed by atoms with Gasteiger partial charge in [-0.1, -0.05) is 6.07 Å². The molecule has 114 valence electrons. The summed E-state index contributed by atoms with van der Waals surface area (Å²) < 4.78 is 10.9. The highest BCUT2D eigenvalue weighted by Gasteiger charge is 2.13. The van der Waals surface area contributed by atoms with Crippen molar-refractivity contribution >= 4 is 0 Å². The monoisotopic (exact) mass is 289 g/mol. The first-order valence-corrected chi connectivity index (χ1v) is 6.94. The molecule has 0 atom stereocenters. The van der Waals surface area contributed by atoms with Gasteiger partial charge in [0.15, 0.2) is 0 Å². The molecule has 0 aliphatic heterocycles. The van der Waals surface area contributed by atoms with E-state index in [1.165, 1.54) is 5.56 Å². The number of methoxy groups -OCH3 is 2. The highest BCUT2D eigenvalue weighted by atomic mass is 16.5. The molecular formula is C16H23N3O2. The fraction of sp³-hybridized carbons (Fsp3) is 0.438. The molecule has 0 saturated carbocycles. The molecule has 5 nitrogen and oxygen atoms in total. The van der Waals surface area contributed by atoms with Crippen LogP contribution in [-0.4, -0.2) is 36.4 Å². The molecule has 1 aromatic carbocycles. The predicted octanol–water partition coefficient (Wildman–Crippen LogP) is 2.68. The molecule has 21 heavy (non-hydrogen) atoms. The van der Waals surface area contributed by atoms with Crippen molar-refractivity contribution in [2.75, 3.05) is 21.3 Å². The molecule has 0 radical (unpaired) electrons. The maximum absolute atomic E-state index is 5.55. The quantitative estimate of drug-likeness (QED) is 0.888. The summed E-state index contributed by atoms with van der Waals surface area (Å²) in [5.74, 6) is 1.74. The minimum Gasteiger partial charge on any atom is -0.496 e. The zero-order chi connectivity index (χ0) is 15.4. The Morgan fingerprint density at radius 2 is 1.81 bits per heavy atom. The number of nitrogens with zero attached hydrogens (tertiary/aromatic N) is 2. The van der Waals surface area contributed by atoms with Gasteiger partial charge < -0.3 is 9.47 Å². The summed E-state index contributed by atoms with van der Waals surface area (Å²) in [6.45, 7) is 5.70. The van der Waals surface area contributed by atoms with Gasteiger partial charge in [0.25, 0.3) is 0 Å². The topological polar surface area (TPSA) is 50.4 Å². The summed E-state index contributed by atoms with van der Waals surface area (Å²) in [7, 11) is 5.46. The van der Waals surface area contributed by atoms with Crippen molar-refractivity contribution in [1.82, 2.24) is 15.1 Å². The lowest BCUT2D eigenvalue weighted by Gasteiger charge is -2.20. The van der Waals surface area contributed by atoms with Crippen molar-refractivity contribution in [3.05, 3.63) is 40.7 Å². The van der Waals surface area contributed by atoms with E-state index < -0.39 is 0 Å². The Labute approximate surface area is 125 Å². The van der Waals surface area contributed by atoms with E-state index in [-0.39, 0.29) is 0 Å². The fourth-order valence-corrected chi connectivity index (χ4v) is 2.53. The summed E-state index contributed by atoms with van der Waals surface area (Å²) in [5, 5.41) is 7.03. The van der Waals surface area contributed by atoms with Crippen molar-refractivity contribution in [2.45, 2.75) is 26.9 Å². The zero-order valence-electron chi connectivity index (χ0n) is 13.4. The molecule has 1 aromatic heterocycles. The summed E-state index contributed by atoms with van der Waals surface area (Å²) in [6, 6.07) is 4.05. The van der Waals surface area contributed by atoms with E-state index in [1.807, 2.05) is 26.1 Å². The van der Waals surface area contributed by atoms with Crippen molar-refractivity contribution in [3.63, 3.8) is 0 Å². The molecule has 1 N–H and O–H groups in total. The molecular weight excluding hydrogens is 266 g/mol. The van der Waals surface area contributed by atoms with Crippen LogP contribution in [0.2, 0.25) is 0 Å². The van der Waals surface area contributed by atoms with Crippen molar-refractivity contribution in [2.24, 2.45) is 0 Å². The Hall–Kier alpha value is -2.01. The summed E-state index contributed by atoms with van der Waals surface area (Å²) in [4.78, 5) is 2.24. The van der Waals surface area contributed by atoms with Crippen LogP contribution in [0.15, 0.2) is 18.3 Å². The lowest BCUT2D eigenvalue weighted by Crippen LogP contribution is -2.18. The van der Waals surface area contributed by atoms with Crippen molar-refractivity contribution in [3.8, 4) is 11.5 Å². The molecule has 0 spiro atoms. The Balaban J connectivity index is 2.15. The number of rotatable bonds is 6. The van der Waals surface area contributed by atoms with Crippen LogP contribution >= 0.6 is 0 Å². The summed E-state index contributed by atoms with van der Waals surface area (Å²) >= 11 is 0. The van der Waals surface area contributed by atoms with E-state index in [2.05, 4.69) is 28.2 Å². The molecule has 0 fully saturated rings. The minimum atomic E-state index is 0.804. The van der Waals surface area contributed by atoms with Gasteiger partial charge in [0, 0.05) is 35.5 Å². The first-order valence-electron chi connectivity index (χ1n) is 6.94. The van der Waals surface area contributed by atoms with E-state index in [9.17, 15) is 0 Å². The van der Waals surface area contributed by atoms with Gasteiger partial charge in [-0.25, -0.2) is 0 Å². The second kappa shape index (κ2) is 6.63. The van der Waals surface area contributed by atoms with Crippen LogP contribution in [0, 0.1) is 13.8 Å². The Kier molecular flexibility index (Phi) is 4.85. The molecule has 0 bridgehead atoms. The van der Waals surface area contributed by atoms with Gasteiger partial charge in [-0.15, -0.1) is 0 Å². The number of hydrogen-bond donors (Lipinski definition) is 1. The third kappa shape index (κ3) is 3.36. The number of hydrogen-bond acceptors (Lipinski definition) is 4. The normalized spacial score (nSPS) is 11.0. The third-order valence-corrected chi connectivity index (χ3v) is 3.68. The molecule has 0 unspecified atom stereocenters. The minimum absolute atomic E-state index is 0.804. The number of nitrogens with one attached hydrogen (secondary N) is 1. The van der Waals surface area contributed by atoms with Crippen LogP contribution in [-0.2, 0) is 13.1 Å². The number of aromatic amines is 1. The van der Waals surface area contributed by atoms with Crippen LogP contribution in [0.1, 0.15) is 22.4 Å². The highest BCUT2D eigenvalue weighted by molar-refractivity contribution is 5.49. The van der Waals surface area contributed by atoms with Crippen LogP contribution in [0.3, 0.4) is 0 Å². The van der Waals surface area contributed by atoms with Gasteiger partial charge in [-0.05, 0) is 27.0 Å². The number of aryl methyl sites for hydroxylation is 1. The summed E-state index contributed by atoms with van der Waals surface area (Å²) in [5.41, 5.74) is 4.51. The van der Waals surface area contributed by atoms with Crippen molar-refractivity contribution in [1.29, 1.82) is 0 Å². The first kappa shape index (κ1) is 15.4. The fourth-order valence-electron chi connectivity index (χ4n) is 2.53. The van der Waals surface area contributed by atoms with E-state index in [1.54, 1.807) is 14.2 Å². The average Bonchev–Trinajstić information content (AvgIpc) is 2.85. The van der Waals surface area contributed by atoms with E-state index >= 15 is 0 Å². The summed E-state index contributed by atoms with van der Waals surface area (Å²) in [6.07, 6.45) is 1.88. The maximum atomic E-state index is 5.55. The molecule has 2 rings (SSSR count). The number of aromatic nitrogens is 2. The molecule has 2 aromatic rings. The standard InChI is InChI=1S/C16H23N3O2/c1-11-15(20-4)7-6-13(16(11)21-5)9-19(3)10-14-8-17-18-12(14)2/h6-8H,9-10H2,1-5H3,(H,17,18). The second-order valence-electron chi connectivity index (χ2n) is 5.28. The Bertz CT molecular complexity index is 608. The smallest absolute Gasteiger partial charge is 0.129 e. The van der Waals surface area contributed by atoms with Gasteiger partial charge >= 0.3 is 0 Å². The molecule has 5 heteroatoms. The van der Waals surface area contributed by atoms with E-state index in [0.717, 1.165) is 41.4 Å². The Morgan fingerprint density at radius 1 is 1.10 bits per heavy atom. The molecule has 0 aliphatic carbocycles. The van der Waals surface area contributed by atoms with Crippen LogP contribution in [0.4, 0.5) is 0 Å². The van der Waals surface area contributed by atoms with Crippen LogP contribution < -0.4 is 9.47 Å². The SMILES string of the molecule is COc1ccc(CN(C)Cc2cn[nH]c2C)c(OC)c1C. The van der Waals surface area contributed by atoms with Gasteiger partial charge in [0.1, 0.15) is 11.5 Å². The Morgan fingerprint density at radius 3 is 2.38 bits per heavy atom. The molecule has 1 heterocycles. The number of ether oxygens (including phenoxy) is 2. The zero-order valence-corrected chi connectivity index (χ0v) is 13.4. The van der Waals surface area contributed by atoms with E-state index in [0.29, 0.717) is 0 Å². The predicted molar refractivity (Wildman–Crippen MR) is 82.8 cm³/mol. The number of H-pyrrole nitrogens is 1. The third-order valence-electron chi connectivity index (χ3n) is 3.68. The van der Waals surface area contributed by atoms with Gasteiger partial charge in [-0.3, -0.25) is 10.00 Å². The molecule has 0 aliphatic rings. The second-order valence-corrected chi connectivity index (χ2v) is 5.28. The highest BCUT2D eigenvalue weighted by Crippen LogP contribution is 2.32. The van der Waals surface area contributed by atoms with Crippen LogP contribution in [0.5, 0.6) is 11.5 Å². The first-order chi connectivity index (χ1) is 10.1. The van der Waals surface area contributed by atoms with Crippen LogP contribution in [0.25, 0.3) is 0 Å². The number of benzene rings is 1. The van der Waals surface area contributed by atoms with Crippen molar-refractivity contribution < 1.29 is 9.47 Å². The lowest BCUT2D eigenvalue weighted by molar-refractivity contribution is 0.308. The molecule has 0 saturated heterocycles. The van der Waals surface area contributed by atoms with E-state index in [4.69, 9.17) is 9.47 Å². The average molecular weight is 289 g/mol. The lowest BCUT2D eigenvalue weighted by atomic mass is 10.1. The molecule has 0 amide bonds. The maximum Gasteiger partial charge on any atom is 0.129 e. The van der Waals surface area contributed by atoms with Gasteiger partial charge in [0.2, 0.25) is 0 Å². The van der Waals surface area contributed by atoms with Gasteiger partial charge in [-0.2, -0.15) is 5.10 Å². The largest absolute Gasteiger partial charge is 0.496 e.